The van der Waals surface area contributed by atoms with Crippen LogP contribution in [-0.2, 0) is 32.0 Å². The average molecular weight is 759 g/mol. The highest BCUT2D eigenvalue weighted by atomic mass is 35.5. The summed E-state index contributed by atoms with van der Waals surface area (Å²) in [6, 6.07) is 14.2. The second kappa shape index (κ2) is 22.2. The fourth-order valence-corrected chi connectivity index (χ4v) is 6.78. The van der Waals surface area contributed by atoms with Crippen molar-refractivity contribution in [1.29, 1.82) is 0 Å². The highest BCUT2D eigenvalue weighted by Gasteiger charge is 2.40. The fourth-order valence-electron chi connectivity index (χ4n) is 6.53. The van der Waals surface area contributed by atoms with Gasteiger partial charge in [-0.15, -0.1) is 0 Å². The van der Waals surface area contributed by atoms with Crippen LogP contribution >= 0.6 is 23.2 Å². The number of carbonyl (C=O) groups excluding carboxylic acids is 4. The number of nitrogens with zero attached hydrogens (tertiary/aromatic N) is 2. The average Bonchev–Trinajstić information content (AvgIpc) is 3.58. The van der Waals surface area contributed by atoms with E-state index in [0.717, 1.165) is 68.9 Å². The molecule has 0 bridgehead atoms. The summed E-state index contributed by atoms with van der Waals surface area (Å²) < 4.78 is 0. The number of unbranched alkanes of at least 4 members (excludes halogenated alkanes) is 5. The minimum Gasteiger partial charge on any atom is -0.356 e. The van der Waals surface area contributed by atoms with Gasteiger partial charge in [-0.2, -0.15) is 0 Å². The first-order valence-corrected chi connectivity index (χ1v) is 19.9. The van der Waals surface area contributed by atoms with Gasteiger partial charge < -0.3 is 25.8 Å². The van der Waals surface area contributed by atoms with E-state index in [0.29, 0.717) is 55.5 Å². The molecule has 9 nitrogen and oxygen atoms in total. The molecule has 52 heavy (non-hydrogen) atoms. The number of hydrogen-bond acceptors (Lipinski definition) is 5. The van der Waals surface area contributed by atoms with E-state index in [4.69, 9.17) is 23.2 Å². The Morgan fingerprint density at radius 3 is 1.98 bits per heavy atom. The van der Waals surface area contributed by atoms with Gasteiger partial charge in [0.15, 0.2) is 0 Å². The lowest BCUT2D eigenvalue weighted by molar-refractivity contribution is -0.142. The number of halogens is 2. The molecule has 2 aromatic carbocycles. The van der Waals surface area contributed by atoms with Crippen LogP contribution in [0, 0.1) is 5.41 Å². The summed E-state index contributed by atoms with van der Waals surface area (Å²) in [7, 11) is 1.72. The lowest BCUT2D eigenvalue weighted by Gasteiger charge is -2.37. The first-order valence-electron chi connectivity index (χ1n) is 19.1. The molecule has 288 valence electrons. The third-order valence-corrected chi connectivity index (χ3v) is 10.5. The van der Waals surface area contributed by atoms with Crippen LogP contribution in [0.3, 0.4) is 0 Å². The third kappa shape index (κ3) is 15.1. The largest absolute Gasteiger partial charge is 0.356 e. The molecular formula is C41H61Cl2N5O4. The minimum absolute atomic E-state index is 0.0860. The van der Waals surface area contributed by atoms with Crippen molar-refractivity contribution in [3.05, 3.63) is 69.7 Å². The smallest absolute Gasteiger partial charge is 0.246 e. The quantitative estimate of drug-likeness (QED) is 0.119. The number of hydrogen-bond donors (Lipinski definition) is 3. The molecule has 2 aromatic rings. The van der Waals surface area contributed by atoms with Crippen LogP contribution in [-0.4, -0.2) is 84.8 Å². The Morgan fingerprint density at radius 2 is 1.40 bits per heavy atom. The number of rotatable bonds is 21. The molecule has 1 saturated heterocycles. The third-order valence-electron chi connectivity index (χ3n) is 9.95. The Kier molecular flexibility index (Phi) is 18.4. The zero-order valence-electron chi connectivity index (χ0n) is 31.9. The second-order valence-corrected chi connectivity index (χ2v) is 16.1. The number of benzene rings is 2. The van der Waals surface area contributed by atoms with Gasteiger partial charge in [0.2, 0.25) is 23.6 Å². The Hall–Kier alpha value is -3.14. The Labute approximate surface area is 321 Å². The molecule has 11 heteroatoms. The highest BCUT2D eigenvalue weighted by Crippen LogP contribution is 2.27. The molecule has 4 amide bonds. The summed E-state index contributed by atoms with van der Waals surface area (Å²) in [5.74, 6) is -0.111. The Morgan fingerprint density at radius 1 is 0.846 bits per heavy atom. The molecule has 0 saturated carbocycles. The molecule has 0 unspecified atom stereocenters. The van der Waals surface area contributed by atoms with Gasteiger partial charge in [-0.05, 0) is 93.3 Å². The molecule has 1 fully saturated rings. The summed E-state index contributed by atoms with van der Waals surface area (Å²) in [6.07, 6.45) is 9.79. The van der Waals surface area contributed by atoms with Crippen molar-refractivity contribution in [2.45, 2.75) is 123 Å². The maximum atomic E-state index is 14.0. The van der Waals surface area contributed by atoms with Gasteiger partial charge in [0.05, 0.1) is 6.04 Å². The van der Waals surface area contributed by atoms with Crippen LogP contribution in [0.4, 0.5) is 0 Å². The van der Waals surface area contributed by atoms with Gasteiger partial charge in [-0.3, -0.25) is 19.2 Å². The highest BCUT2D eigenvalue weighted by molar-refractivity contribution is 6.30. The lowest BCUT2D eigenvalue weighted by Crippen LogP contribution is -2.59. The van der Waals surface area contributed by atoms with Crippen LogP contribution in [0.25, 0.3) is 0 Å². The predicted molar refractivity (Wildman–Crippen MR) is 211 cm³/mol. The molecule has 1 aliphatic rings. The van der Waals surface area contributed by atoms with Crippen LogP contribution in [0.5, 0.6) is 0 Å². The first kappa shape index (κ1) is 43.3. The van der Waals surface area contributed by atoms with Crippen LogP contribution in [0.15, 0.2) is 48.5 Å². The van der Waals surface area contributed by atoms with Crippen molar-refractivity contribution in [2.75, 3.05) is 33.2 Å². The lowest BCUT2D eigenvalue weighted by atomic mass is 9.85. The molecular weight excluding hydrogens is 697 g/mol. The van der Waals surface area contributed by atoms with E-state index < -0.39 is 17.5 Å². The summed E-state index contributed by atoms with van der Waals surface area (Å²) in [5, 5.41) is 10.3. The van der Waals surface area contributed by atoms with E-state index >= 15 is 0 Å². The molecule has 3 atom stereocenters. The minimum atomic E-state index is -0.677. The molecule has 3 rings (SSSR count). The number of likely N-dealkylation sites (tertiary alicyclic amines) is 1. The van der Waals surface area contributed by atoms with Crippen molar-refractivity contribution < 1.29 is 19.2 Å². The molecule has 0 aromatic heterocycles. The molecule has 0 aliphatic carbocycles. The van der Waals surface area contributed by atoms with Gasteiger partial charge >= 0.3 is 0 Å². The van der Waals surface area contributed by atoms with Gasteiger partial charge in [0, 0.05) is 55.1 Å². The number of carbonyl (C=O) groups is 4. The van der Waals surface area contributed by atoms with Crippen molar-refractivity contribution in [1.82, 2.24) is 25.8 Å². The SMILES string of the molecule is CN[C@@H](C)C(=O)N[C@H](C(=O)N1CCC[C@H]1CN(CCc1ccc(Cl)cc1)C(=O)CCCCCCCCC(=O)NCCc1ccc(Cl)cc1)C(C)(C)C. The molecule has 1 aliphatic heterocycles. The van der Waals surface area contributed by atoms with Gasteiger partial charge in [-0.1, -0.05) is 93.9 Å². The van der Waals surface area contributed by atoms with E-state index in [2.05, 4.69) is 16.0 Å². The Bertz CT molecular complexity index is 1410. The normalized spacial score (nSPS) is 15.6. The molecule has 3 N–H and O–H groups in total. The van der Waals surface area contributed by atoms with E-state index in [1.54, 1.807) is 14.0 Å². The predicted octanol–water partition coefficient (Wildman–Crippen LogP) is 6.97. The van der Waals surface area contributed by atoms with E-state index in [1.165, 1.54) is 0 Å². The van der Waals surface area contributed by atoms with Crippen LogP contribution < -0.4 is 16.0 Å². The maximum absolute atomic E-state index is 14.0. The summed E-state index contributed by atoms with van der Waals surface area (Å²) in [4.78, 5) is 56.6. The van der Waals surface area contributed by atoms with Crippen molar-refractivity contribution >= 4 is 46.8 Å². The van der Waals surface area contributed by atoms with Crippen LogP contribution in [0.1, 0.15) is 103 Å². The first-order chi connectivity index (χ1) is 24.8. The van der Waals surface area contributed by atoms with Crippen LogP contribution in [0.2, 0.25) is 10.0 Å². The Balaban J connectivity index is 1.48. The van der Waals surface area contributed by atoms with Gasteiger partial charge in [-0.25, -0.2) is 0 Å². The summed E-state index contributed by atoms with van der Waals surface area (Å²) >= 11 is 12.0. The van der Waals surface area contributed by atoms with E-state index in [-0.39, 0.29) is 29.7 Å². The van der Waals surface area contributed by atoms with Crippen molar-refractivity contribution in [3.8, 4) is 0 Å². The maximum Gasteiger partial charge on any atom is 0.246 e. The molecule has 0 radical (unpaired) electrons. The summed E-state index contributed by atoms with van der Waals surface area (Å²) in [6.45, 7) is 9.93. The topological polar surface area (TPSA) is 111 Å². The zero-order chi connectivity index (χ0) is 38.1. The fraction of sp³-hybridized carbons (Fsp3) is 0.610. The second-order valence-electron chi connectivity index (χ2n) is 15.2. The van der Waals surface area contributed by atoms with Gasteiger partial charge in [0.25, 0.3) is 0 Å². The molecule has 1 heterocycles. The number of likely N-dealkylation sites (N-methyl/N-ethyl adjacent to an activating group) is 1. The van der Waals surface area contributed by atoms with E-state index in [9.17, 15) is 19.2 Å². The standard InChI is InChI=1S/C41H61Cl2N5O4/c1-30(44-5)39(51)46-38(41(2,3)4)40(52)48-27-12-13-35(48)29-47(28-25-32-18-22-34(43)23-19-32)37(50)15-11-9-7-6-8-10-14-36(49)45-26-24-31-16-20-33(42)21-17-31/h16-23,30,35,38,44H,6-15,24-29H2,1-5H3,(H,45,49)(H,46,51)/t30-,35-,38+/m0/s1. The van der Waals surface area contributed by atoms with Crippen molar-refractivity contribution in [3.63, 3.8) is 0 Å². The number of amides is 4. The summed E-state index contributed by atoms with van der Waals surface area (Å²) in [5.41, 5.74) is 1.77. The molecule has 0 spiro atoms. The van der Waals surface area contributed by atoms with Crippen molar-refractivity contribution in [2.24, 2.45) is 5.41 Å². The van der Waals surface area contributed by atoms with E-state index in [1.807, 2.05) is 79.1 Å². The van der Waals surface area contributed by atoms with Gasteiger partial charge in [0.1, 0.15) is 6.04 Å². The number of nitrogens with one attached hydrogen (secondary N) is 3. The zero-order valence-corrected chi connectivity index (χ0v) is 33.5. The monoisotopic (exact) mass is 757 g/mol.